The molecule has 0 aliphatic rings. The van der Waals surface area contributed by atoms with Gasteiger partial charge < -0.3 is 0 Å². The third-order valence-electron chi connectivity index (χ3n) is 2.02. The third-order valence-corrected chi connectivity index (χ3v) is 2.02. The first-order chi connectivity index (χ1) is 7.32. The SMILES string of the molecule is CC(C)CC(=O)c1cnccc1C(F)(F)F. The van der Waals surface area contributed by atoms with Crippen LogP contribution in [0.15, 0.2) is 18.5 Å². The van der Waals surface area contributed by atoms with Gasteiger partial charge in [0.25, 0.3) is 0 Å². The van der Waals surface area contributed by atoms with Crippen LogP contribution in [0.5, 0.6) is 0 Å². The fourth-order valence-corrected chi connectivity index (χ4v) is 1.34. The van der Waals surface area contributed by atoms with Crippen molar-refractivity contribution in [1.82, 2.24) is 4.98 Å². The van der Waals surface area contributed by atoms with Crippen LogP contribution in [0.2, 0.25) is 0 Å². The van der Waals surface area contributed by atoms with Crippen LogP contribution < -0.4 is 0 Å². The fourth-order valence-electron chi connectivity index (χ4n) is 1.34. The van der Waals surface area contributed by atoms with Gasteiger partial charge in [-0.1, -0.05) is 13.8 Å². The van der Waals surface area contributed by atoms with E-state index in [0.717, 1.165) is 18.5 Å². The van der Waals surface area contributed by atoms with Crippen LogP contribution in [-0.2, 0) is 6.18 Å². The molecule has 0 saturated heterocycles. The maximum atomic E-state index is 12.6. The van der Waals surface area contributed by atoms with Crippen molar-refractivity contribution in [2.45, 2.75) is 26.4 Å². The second-order valence-electron chi connectivity index (χ2n) is 3.94. The van der Waals surface area contributed by atoms with Crippen LogP contribution in [0.3, 0.4) is 0 Å². The molecule has 0 bridgehead atoms. The molecule has 0 atom stereocenters. The first-order valence-corrected chi connectivity index (χ1v) is 4.86. The van der Waals surface area contributed by atoms with Crippen LogP contribution in [0, 0.1) is 5.92 Å². The van der Waals surface area contributed by atoms with Crippen molar-refractivity contribution < 1.29 is 18.0 Å². The van der Waals surface area contributed by atoms with Gasteiger partial charge in [-0.15, -0.1) is 0 Å². The van der Waals surface area contributed by atoms with Crippen molar-refractivity contribution in [3.63, 3.8) is 0 Å². The topological polar surface area (TPSA) is 30.0 Å². The molecule has 0 saturated carbocycles. The average Bonchev–Trinajstić information content (AvgIpc) is 2.15. The van der Waals surface area contributed by atoms with Crippen molar-refractivity contribution in [2.75, 3.05) is 0 Å². The molecule has 0 aliphatic heterocycles. The van der Waals surface area contributed by atoms with Crippen molar-refractivity contribution in [3.8, 4) is 0 Å². The molecule has 16 heavy (non-hydrogen) atoms. The summed E-state index contributed by atoms with van der Waals surface area (Å²) in [4.78, 5) is 15.1. The summed E-state index contributed by atoms with van der Waals surface area (Å²) in [6.07, 6.45) is -2.40. The maximum Gasteiger partial charge on any atom is 0.417 e. The lowest BCUT2D eigenvalue weighted by Crippen LogP contribution is -2.14. The third kappa shape index (κ3) is 3.05. The van der Waals surface area contributed by atoms with Gasteiger partial charge in [0.2, 0.25) is 0 Å². The quantitative estimate of drug-likeness (QED) is 0.747. The van der Waals surface area contributed by atoms with Crippen LogP contribution in [0.4, 0.5) is 13.2 Å². The molecule has 0 unspecified atom stereocenters. The minimum absolute atomic E-state index is 0.0220. The smallest absolute Gasteiger partial charge is 0.294 e. The van der Waals surface area contributed by atoms with E-state index in [1.54, 1.807) is 13.8 Å². The molecule has 0 radical (unpaired) electrons. The number of carbonyl (C=O) groups is 1. The number of aromatic nitrogens is 1. The van der Waals surface area contributed by atoms with Gasteiger partial charge in [0.1, 0.15) is 0 Å². The summed E-state index contributed by atoms with van der Waals surface area (Å²) in [6.45, 7) is 3.56. The molecule has 1 aromatic heterocycles. The fraction of sp³-hybridized carbons (Fsp3) is 0.455. The lowest BCUT2D eigenvalue weighted by molar-refractivity contribution is -0.138. The van der Waals surface area contributed by atoms with Crippen molar-refractivity contribution in [1.29, 1.82) is 0 Å². The predicted octanol–water partition coefficient (Wildman–Crippen LogP) is 3.33. The average molecular weight is 231 g/mol. The van der Waals surface area contributed by atoms with E-state index in [-0.39, 0.29) is 17.9 Å². The Morgan fingerprint density at radius 1 is 1.44 bits per heavy atom. The number of carbonyl (C=O) groups excluding carboxylic acids is 1. The Balaban J connectivity index is 3.09. The van der Waals surface area contributed by atoms with E-state index in [2.05, 4.69) is 4.98 Å². The number of Topliss-reactive ketones (excluding diaryl/α,β-unsaturated/α-hetero) is 1. The lowest BCUT2D eigenvalue weighted by atomic mass is 9.99. The van der Waals surface area contributed by atoms with Crippen LogP contribution in [-0.4, -0.2) is 10.8 Å². The summed E-state index contributed by atoms with van der Waals surface area (Å²) < 4.78 is 37.7. The summed E-state index contributed by atoms with van der Waals surface area (Å²) >= 11 is 0. The van der Waals surface area contributed by atoms with E-state index in [9.17, 15) is 18.0 Å². The van der Waals surface area contributed by atoms with Gasteiger partial charge in [-0.05, 0) is 12.0 Å². The second-order valence-corrected chi connectivity index (χ2v) is 3.94. The van der Waals surface area contributed by atoms with E-state index >= 15 is 0 Å². The number of halogens is 3. The molecular weight excluding hydrogens is 219 g/mol. The van der Waals surface area contributed by atoms with Gasteiger partial charge in [0, 0.05) is 24.4 Å². The van der Waals surface area contributed by atoms with Gasteiger partial charge in [-0.2, -0.15) is 13.2 Å². The maximum absolute atomic E-state index is 12.6. The molecule has 0 amide bonds. The first kappa shape index (κ1) is 12.7. The summed E-state index contributed by atoms with van der Waals surface area (Å²) in [5, 5.41) is 0. The summed E-state index contributed by atoms with van der Waals surface area (Å²) in [5.74, 6) is -0.496. The van der Waals surface area contributed by atoms with Crippen molar-refractivity contribution in [2.24, 2.45) is 5.92 Å². The van der Waals surface area contributed by atoms with Crippen LogP contribution >= 0.6 is 0 Å². The Labute approximate surface area is 91.5 Å². The zero-order chi connectivity index (χ0) is 12.3. The highest BCUT2D eigenvalue weighted by molar-refractivity contribution is 5.97. The molecule has 0 aromatic carbocycles. The predicted molar refractivity (Wildman–Crippen MR) is 53.0 cm³/mol. The Morgan fingerprint density at radius 2 is 2.06 bits per heavy atom. The number of alkyl halides is 3. The Kier molecular flexibility index (Phi) is 3.67. The van der Waals surface area contributed by atoms with Crippen molar-refractivity contribution in [3.05, 3.63) is 29.6 Å². The van der Waals surface area contributed by atoms with Gasteiger partial charge in [0.15, 0.2) is 5.78 Å². The largest absolute Gasteiger partial charge is 0.417 e. The highest BCUT2D eigenvalue weighted by Gasteiger charge is 2.35. The minimum atomic E-state index is -4.51. The van der Waals surface area contributed by atoms with E-state index < -0.39 is 17.5 Å². The number of hydrogen-bond acceptors (Lipinski definition) is 2. The number of ketones is 1. The number of nitrogens with zero attached hydrogens (tertiary/aromatic N) is 1. The second kappa shape index (κ2) is 4.63. The Hall–Kier alpha value is -1.39. The van der Waals surface area contributed by atoms with E-state index in [1.165, 1.54) is 0 Å². The van der Waals surface area contributed by atoms with Crippen LogP contribution in [0.25, 0.3) is 0 Å². The zero-order valence-electron chi connectivity index (χ0n) is 9.01. The standard InChI is InChI=1S/C11H12F3NO/c1-7(2)5-10(16)8-6-15-4-3-9(8)11(12,13)14/h3-4,6-7H,5H2,1-2H3. The Bertz CT molecular complexity index is 385. The number of hydrogen-bond donors (Lipinski definition) is 0. The molecular formula is C11H12F3NO. The molecule has 88 valence electrons. The number of rotatable bonds is 3. The van der Waals surface area contributed by atoms with Gasteiger partial charge in [0.05, 0.1) is 5.56 Å². The molecule has 0 N–H and O–H groups in total. The van der Waals surface area contributed by atoms with Crippen LogP contribution in [0.1, 0.15) is 36.2 Å². The highest BCUT2D eigenvalue weighted by atomic mass is 19.4. The lowest BCUT2D eigenvalue weighted by Gasteiger charge is -2.11. The monoisotopic (exact) mass is 231 g/mol. The summed E-state index contributed by atoms with van der Waals surface area (Å²) in [5.41, 5.74) is -1.25. The summed E-state index contributed by atoms with van der Waals surface area (Å²) in [7, 11) is 0. The summed E-state index contributed by atoms with van der Waals surface area (Å²) in [6, 6.07) is 0.827. The molecule has 1 heterocycles. The highest BCUT2D eigenvalue weighted by Crippen LogP contribution is 2.32. The molecule has 1 aromatic rings. The molecule has 0 fully saturated rings. The van der Waals surface area contributed by atoms with E-state index in [4.69, 9.17) is 0 Å². The molecule has 2 nitrogen and oxygen atoms in total. The number of pyridine rings is 1. The van der Waals surface area contributed by atoms with Crippen molar-refractivity contribution >= 4 is 5.78 Å². The first-order valence-electron chi connectivity index (χ1n) is 4.86. The normalized spacial score (nSPS) is 11.9. The van der Waals surface area contributed by atoms with Gasteiger partial charge >= 0.3 is 6.18 Å². The Morgan fingerprint density at radius 3 is 2.56 bits per heavy atom. The van der Waals surface area contributed by atoms with Gasteiger partial charge in [-0.25, -0.2) is 0 Å². The molecule has 5 heteroatoms. The molecule has 0 aliphatic carbocycles. The van der Waals surface area contributed by atoms with E-state index in [1.807, 2.05) is 0 Å². The van der Waals surface area contributed by atoms with Gasteiger partial charge in [-0.3, -0.25) is 9.78 Å². The molecule has 1 rings (SSSR count). The van der Waals surface area contributed by atoms with E-state index in [0.29, 0.717) is 0 Å². The molecule has 0 spiro atoms. The zero-order valence-corrected chi connectivity index (χ0v) is 9.01. The minimum Gasteiger partial charge on any atom is -0.294 e.